The molecule has 0 fully saturated rings. The van der Waals surface area contributed by atoms with Gasteiger partial charge in [0, 0.05) is 21.8 Å². The van der Waals surface area contributed by atoms with Gasteiger partial charge in [0.05, 0.1) is 11.9 Å². The summed E-state index contributed by atoms with van der Waals surface area (Å²) in [6.45, 7) is 0. The van der Waals surface area contributed by atoms with Gasteiger partial charge in [-0.15, -0.1) is 0 Å². The minimum absolute atomic E-state index is 0.541. The largest absolute Gasteiger partial charge is 0.455 e. The molecule has 7 heteroatoms. The van der Waals surface area contributed by atoms with Crippen molar-refractivity contribution >= 4 is 54.9 Å². The lowest BCUT2D eigenvalue weighted by Crippen LogP contribution is -1.79. The summed E-state index contributed by atoms with van der Waals surface area (Å²) in [4.78, 5) is 13.2. The number of pyridine rings is 1. The molecule has 5 nitrogen and oxygen atoms in total. The summed E-state index contributed by atoms with van der Waals surface area (Å²) in [6.07, 6.45) is 3.40. The molecule has 30 heavy (non-hydrogen) atoms. The molecule has 0 bridgehead atoms. The Labute approximate surface area is 188 Å². The van der Waals surface area contributed by atoms with E-state index in [4.69, 9.17) is 8.83 Å². The van der Waals surface area contributed by atoms with Crippen molar-refractivity contribution in [3.05, 3.63) is 87.8 Å². The normalized spacial score (nSPS) is 11.5. The Morgan fingerprint density at radius 3 is 2.53 bits per heavy atom. The van der Waals surface area contributed by atoms with Gasteiger partial charge in [-0.1, -0.05) is 28.1 Å². The van der Waals surface area contributed by atoms with E-state index in [0.29, 0.717) is 17.2 Å². The number of oxazole rings is 1. The molecule has 0 atom stereocenters. The van der Waals surface area contributed by atoms with E-state index in [1.807, 2.05) is 66.7 Å². The Morgan fingerprint density at radius 1 is 0.833 bits per heavy atom. The monoisotopic (exact) mass is 521 g/mol. The van der Waals surface area contributed by atoms with E-state index < -0.39 is 0 Å². The Morgan fingerprint density at radius 2 is 1.70 bits per heavy atom. The lowest BCUT2D eigenvalue weighted by Gasteiger charge is -1.96. The first kappa shape index (κ1) is 19.0. The molecule has 0 aliphatic carbocycles. The summed E-state index contributed by atoms with van der Waals surface area (Å²) in [5.74, 6) is 2.01. The van der Waals surface area contributed by atoms with Crippen molar-refractivity contribution < 1.29 is 8.83 Å². The van der Waals surface area contributed by atoms with Crippen LogP contribution in [-0.4, -0.2) is 16.2 Å². The fraction of sp³-hybridized carbons (Fsp3) is 0. The van der Waals surface area contributed by atoms with Crippen molar-refractivity contribution in [2.24, 2.45) is 4.99 Å². The molecule has 2 aromatic carbocycles. The highest BCUT2D eigenvalue weighted by atomic mass is 79.9. The first-order valence-electron chi connectivity index (χ1n) is 9.06. The van der Waals surface area contributed by atoms with E-state index in [9.17, 15) is 0 Å². The van der Waals surface area contributed by atoms with Crippen LogP contribution in [0.3, 0.4) is 0 Å². The van der Waals surface area contributed by atoms with Gasteiger partial charge in [-0.05, 0) is 70.5 Å². The van der Waals surface area contributed by atoms with Crippen LogP contribution in [-0.2, 0) is 0 Å². The van der Waals surface area contributed by atoms with E-state index in [-0.39, 0.29) is 0 Å². The van der Waals surface area contributed by atoms with Gasteiger partial charge >= 0.3 is 0 Å². The van der Waals surface area contributed by atoms with Gasteiger partial charge in [-0.3, -0.25) is 4.99 Å². The third kappa shape index (κ3) is 3.99. The molecular weight excluding hydrogens is 510 g/mol. The van der Waals surface area contributed by atoms with Crippen molar-refractivity contribution in [3.63, 3.8) is 0 Å². The van der Waals surface area contributed by atoms with E-state index in [1.54, 1.807) is 12.4 Å². The lowest BCUT2D eigenvalue weighted by molar-refractivity contribution is 0.575. The van der Waals surface area contributed by atoms with Crippen LogP contribution in [0.1, 0.15) is 5.76 Å². The second-order valence-electron chi connectivity index (χ2n) is 6.51. The van der Waals surface area contributed by atoms with Crippen LogP contribution >= 0.6 is 31.9 Å². The summed E-state index contributed by atoms with van der Waals surface area (Å²) in [6, 6.07) is 21.2. The SMILES string of the molecule is Brc1ccc(-c2ccc(C=Nc3ccc4oc(-c5ccnc(Br)c5)nc4c3)o2)cc1. The molecule has 5 rings (SSSR count). The van der Waals surface area contributed by atoms with Crippen LogP contribution in [0.2, 0.25) is 0 Å². The van der Waals surface area contributed by atoms with Gasteiger partial charge < -0.3 is 8.83 Å². The highest BCUT2D eigenvalue weighted by molar-refractivity contribution is 9.10. The minimum atomic E-state index is 0.541. The van der Waals surface area contributed by atoms with Crippen LogP contribution in [0, 0.1) is 0 Å². The first-order valence-corrected chi connectivity index (χ1v) is 10.6. The number of aliphatic imine (C=N–C) groups is 1. The van der Waals surface area contributed by atoms with Crippen LogP contribution in [0.5, 0.6) is 0 Å². The maximum absolute atomic E-state index is 5.88. The van der Waals surface area contributed by atoms with Crippen molar-refractivity contribution in [2.75, 3.05) is 0 Å². The van der Waals surface area contributed by atoms with Gasteiger partial charge in [-0.25, -0.2) is 9.97 Å². The lowest BCUT2D eigenvalue weighted by atomic mass is 10.2. The zero-order valence-corrected chi connectivity index (χ0v) is 18.6. The van der Waals surface area contributed by atoms with Crippen LogP contribution < -0.4 is 0 Å². The van der Waals surface area contributed by atoms with Crippen molar-refractivity contribution in [1.29, 1.82) is 0 Å². The molecule has 0 spiro atoms. The Balaban J connectivity index is 1.39. The van der Waals surface area contributed by atoms with E-state index in [1.165, 1.54) is 0 Å². The zero-order valence-electron chi connectivity index (χ0n) is 15.4. The molecule has 0 unspecified atom stereocenters. The molecule has 0 aliphatic heterocycles. The molecule has 0 saturated carbocycles. The number of furan rings is 1. The van der Waals surface area contributed by atoms with Crippen molar-refractivity contribution in [3.8, 4) is 22.8 Å². The molecule has 0 amide bonds. The highest BCUT2D eigenvalue weighted by Gasteiger charge is 2.09. The maximum atomic E-state index is 5.88. The molecule has 0 saturated heterocycles. The van der Waals surface area contributed by atoms with Gasteiger partial charge in [-0.2, -0.15) is 0 Å². The number of rotatable bonds is 4. The number of aromatic nitrogens is 2. The fourth-order valence-corrected chi connectivity index (χ4v) is 3.61. The number of halogens is 2. The summed E-state index contributed by atoms with van der Waals surface area (Å²) in [7, 11) is 0. The highest BCUT2D eigenvalue weighted by Crippen LogP contribution is 2.28. The first-order chi connectivity index (χ1) is 14.6. The molecule has 3 aromatic heterocycles. The van der Waals surface area contributed by atoms with Crippen molar-refractivity contribution in [1.82, 2.24) is 9.97 Å². The third-order valence-electron chi connectivity index (χ3n) is 4.44. The van der Waals surface area contributed by atoms with E-state index in [0.717, 1.165) is 37.2 Å². The van der Waals surface area contributed by atoms with Gasteiger partial charge in [0.25, 0.3) is 0 Å². The number of hydrogen-bond donors (Lipinski definition) is 0. The molecule has 5 aromatic rings. The summed E-state index contributed by atoms with van der Waals surface area (Å²) in [5.41, 5.74) is 4.07. The summed E-state index contributed by atoms with van der Waals surface area (Å²) < 4.78 is 13.5. The number of benzene rings is 2. The second-order valence-corrected chi connectivity index (χ2v) is 8.23. The van der Waals surface area contributed by atoms with Crippen LogP contribution in [0.15, 0.2) is 95.8 Å². The Bertz CT molecular complexity index is 1370. The number of nitrogens with zero attached hydrogens (tertiary/aromatic N) is 3. The smallest absolute Gasteiger partial charge is 0.227 e. The fourth-order valence-electron chi connectivity index (χ4n) is 2.98. The quantitative estimate of drug-likeness (QED) is 0.182. The molecular formula is C23H13Br2N3O2. The molecule has 146 valence electrons. The molecule has 3 heterocycles. The molecule has 0 aliphatic rings. The van der Waals surface area contributed by atoms with E-state index in [2.05, 4.69) is 46.8 Å². The predicted octanol–water partition coefficient (Wildman–Crippen LogP) is 7.43. The Hall–Kier alpha value is -3.03. The van der Waals surface area contributed by atoms with Crippen molar-refractivity contribution in [2.45, 2.75) is 0 Å². The topological polar surface area (TPSA) is 64.4 Å². The minimum Gasteiger partial charge on any atom is -0.455 e. The third-order valence-corrected chi connectivity index (χ3v) is 5.40. The number of hydrogen-bond acceptors (Lipinski definition) is 5. The second kappa shape index (κ2) is 8.01. The molecule has 0 radical (unpaired) electrons. The van der Waals surface area contributed by atoms with Gasteiger partial charge in [0.2, 0.25) is 5.89 Å². The van der Waals surface area contributed by atoms with Crippen LogP contribution in [0.4, 0.5) is 5.69 Å². The average molecular weight is 523 g/mol. The van der Waals surface area contributed by atoms with E-state index >= 15 is 0 Å². The maximum Gasteiger partial charge on any atom is 0.227 e. The summed E-state index contributed by atoms with van der Waals surface area (Å²) in [5, 5.41) is 0. The zero-order chi connectivity index (χ0) is 20.5. The predicted molar refractivity (Wildman–Crippen MR) is 124 cm³/mol. The summed E-state index contributed by atoms with van der Waals surface area (Å²) >= 11 is 6.81. The number of fused-ring (bicyclic) bond motifs is 1. The van der Waals surface area contributed by atoms with Gasteiger partial charge in [0.1, 0.15) is 21.6 Å². The molecule has 0 N–H and O–H groups in total. The van der Waals surface area contributed by atoms with Gasteiger partial charge in [0.15, 0.2) is 5.58 Å². The average Bonchev–Trinajstić information content (AvgIpc) is 3.39. The van der Waals surface area contributed by atoms with Crippen LogP contribution in [0.25, 0.3) is 33.9 Å². The Kier molecular flexibility index (Phi) is 5.06. The standard InChI is InChI=1S/C23H13Br2N3O2/c24-16-3-1-14(2-4-16)20-8-6-18(29-20)13-27-17-5-7-21-19(12-17)28-23(30-21)15-9-10-26-22(25)11-15/h1-13H.